The number of fused-ring (bicyclic) bond motifs is 1. The molecule has 3 heterocycles. The highest BCUT2D eigenvalue weighted by Crippen LogP contribution is 2.25. The third-order valence-electron chi connectivity index (χ3n) is 7.06. The van der Waals surface area contributed by atoms with E-state index in [-0.39, 0.29) is 29.2 Å². The van der Waals surface area contributed by atoms with Crippen LogP contribution in [0.2, 0.25) is 0 Å². The van der Waals surface area contributed by atoms with Crippen LogP contribution in [0.15, 0.2) is 60.3 Å². The molecule has 7 heteroatoms. The number of nitrogens with zero attached hydrogens (tertiary/aromatic N) is 2. The normalized spacial score (nSPS) is 25.1. The van der Waals surface area contributed by atoms with E-state index in [0.717, 1.165) is 49.7 Å². The second kappa shape index (κ2) is 10.1. The van der Waals surface area contributed by atoms with E-state index >= 15 is 0 Å². The number of aliphatic hydroxyl groups excluding tert-OH is 1. The van der Waals surface area contributed by atoms with Crippen molar-refractivity contribution in [2.45, 2.75) is 56.8 Å². The highest BCUT2D eigenvalue weighted by atomic mass is 19.1. The first-order valence-corrected chi connectivity index (χ1v) is 12.2. The maximum Gasteiger partial charge on any atom is 0.270 e. The first-order valence-electron chi connectivity index (χ1n) is 12.2. The van der Waals surface area contributed by atoms with E-state index in [1.807, 2.05) is 18.3 Å². The number of amides is 1. The van der Waals surface area contributed by atoms with Gasteiger partial charge in [-0.3, -0.25) is 9.69 Å². The first-order chi connectivity index (χ1) is 16.6. The molecule has 1 saturated carbocycles. The van der Waals surface area contributed by atoms with Crippen LogP contribution in [-0.2, 0) is 6.54 Å². The van der Waals surface area contributed by atoms with E-state index in [1.165, 1.54) is 11.6 Å². The fourth-order valence-corrected chi connectivity index (χ4v) is 5.12. The molecule has 2 aromatic rings. The van der Waals surface area contributed by atoms with Crippen LogP contribution in [0.5, 0.6) is 0 Å². The van der Waals surface area contributed by atoms with Gasteiger partial charge in [0.15, 0.2) is 0 Å². The maximum atomic E-state index is 14.7. The number of rotatable bonds is 5. The van der Waals surface area contributed by atoms with E-state index < -0.39 is 11.9 Å². The third-order valence-corrected chi connectivity index (χ3v) is 7.06. The summed E-state index contributed by atoms with van der Waals surface area (Å²) in [4.78, 5) is 19.7. The number of nitrogens with one attached hydrogen (secondary N) is 2. The lowest BCUT2D eigenvalue weighted by Crippen LogP contribution is -2.45. The molecular weight excluding hydrogens is 431 g/mol. The monoisotopic (exact) mass is 462 g/mol. The standard InChI is InChI=1S/C27H31FN4O2/c28-21-7-5-6-20-19(17-32-14-11-18(12-15-32)22-8-3-4-13-29-22)16-24(30-26(20)21)27(34)31-23-9-1-2-10-25(23)33/h3-8,11,13,16,22-23,25,29,33H,1-2,9-10,12,14-15,17H2,(H,31,34)/t22?,23-,25-/m0/s1. The molecule has 0 saturated heterocycles. The van der Waals surface area contributed by atoms with Crippen molar-refractivity contribution in [1.29, 1.82) is 0 Å². The van der Waals surface area contributed by atoms with Gasteiger partial charge in [-0.15, -0.1) is 0 Å². The van der Waals surface area contributed by atoms with Crippen molar-refractivity contribution in [2.24, 2.45) is 0 Å². The lowest BCUT2D eigenvalue weighted by atomic mass is 9.92. The van der Waals surface area contributed by atoms with Crippen molar-refractivity contribution in [3.05, 3.63) is 77.4 Å². The molecule has 1 fully saturated rings. The van der Waals surface area contributed by atoms with Crippen molar-refractivity contribution in [3.8, 4) is 0 Å². The largest absolute Gasteiger partial charge is 0.391 e. The Hall–Kier alpha value is -3.03. The van der Waals surface area contributed by atoms with E-state index in [1.54, 1.807) is 12.1 Å². The number of hydrogen-bond acceptors (Lipinski definition) is 5. The Morgan fingerprint density at radius 1 is 1.26 bits per heavy atom. The Labute approximate surface area is 199 Å². The Morgan fingerprint density at radius 2 is 2.15 bits per heavy atom. The molecule has 3 atom stereocenters. The molecule has 0 radical (unpaired) electrons. The molecule has 5 rings (SSSR count). The minimum Gasteiger partial charge on any atom is -0.391 e. The Balaban J connectivity index is 1.37. The zero-order valence-electron chi connectivity index (χ0n) is 19.2. The van der Waals surface area contributed by atoms with Gasteiger partial charge in [0.2, 0.25) is 0 Å². The number of carbonyl (C=O) groups excluding carboxylic acids is 1. The van der Waals surface area contributed by atoms with E-state index in [4.69, 9.17) is 0 Å². The average molecular weight is 463 g/mol. The number of hydrogen-bond donors (Lipinski definition) is 3. The summed E-state index contributed by atoms with van der Waals surface area (Å²) in [6.07, 6.45) is 14.2. The first kappa shape index (κ1) is 22.7. The zero-order valence-corrected chi connectivity index (χ0v) is 19.2. The van der Waals surface area contributed by atoms with Gasteiger partial charge in [0.05, 0.1) is 18.2 Å². The molecular formula is C27H31FN4O2. The van der Waals surface area contributed by atoms with Crippen molar-refractivity contribution in [2.75, 3.05) is 13.1 Å². The number of aliphatic hydroxyl groups is 1. The van der Waals surface area contributed by atoms with E-state index in [2.05, 4.69) is 38.7 Å². The molecule has 6 nitrogen and oxygen atoms in total. The van der Waals surface area contributed by atoms with Crippen LogP contribution in [0.25, 0.3) is 10.9 Å². The smallest absolute Gasteiger partial charge is 0.270 e. The molecule has 34 heavy (non-hydrogen) atoms. The fraction of sp³-hybridized carbons (Fsp3) is 0.407. The van der Waals surface area contributed by atoms with Gasteiger partial charge in [0.1, 0.15) is 17.0 Å². The number of benzene rings is 1. The summed E-state index contributed by atoms with van der Waals surface area (Å²) in [6.45, 7) is 2.28. The van der Waals surface area contributed by atoms with Gasteiger partial charge in [-0.1, -0.05) is 43.2 Å². The van der Waals surface area contributed by atoms with Crippen molar-refractivity contribution in [3.63, 3.8) is 0 Å². The number of aromatic nitrogens is 1. The van der Waals surface area contributed by atoms with Crippen LogP contribution in [-0.4, -0.2) is 52.2 Å². The predicted molar refractivity (Wildman–Crippen MR) is 131 cm³/mol. The highest BCUT2D eigenvalue weighted by Gasteiger charge is 2.26. The summed E-state index contributed by atoms with van der Waals surface area (Å²) < 4.78 is 14.7. The number of dihydropyridines is 1. The van der Waals surface area contributed by atoms with Crippen molar-refractivity contribution in [1.82, 2.24) is 20.5 Å². The summed E-state index contributed by atoms with van der Waals surface area (Å²) in [6, 6.07) is 6.66. The van der Waals surface area contributed by atoms with Crippen LogP contribution in [0.1, 0.15) is 48.2 Å². The molecule has 0 bridgehead atoms. The lowest BCUT2D eigenvalue weighted by Gasteiger charge is -2.30. The number of para-hydroxylation sites is 1. The highest BCUT2D eigenvalue weighted by molar-refractivity contribution is 5.96. The van der Waals surface area contributed by atoms with Crippen LogP contribution in [0, 0.1) is 5.82 Å². The quantitative estimate of drug-likeness (QED) is 0.592. The fourth-order valence-electron chi connectivity index (χ4n) is 5.12. The van der Waals surface area contributed by atoms with Crippen LogP contribution >= 0.6 is 0 Å². The molecule has 1 aromatic heterocycles. The molecule has 3 N–H and O–H groups in total. The maximum absolute atomic E-state index is 14.7. The summed E-state index contributed by atoms with van der Waals surface area (Å²) in [5, 5.41) is 17.3. The Bertz CT molecular complexity index is 1160. The summed E-state index contributed by atoms with van der Waals surface area (Å²) in [5.74, 6) is -0.795. The number of pyridine rings is 1. The molecule has 0 spiro atoms. The average Bonchev–Trinajstić information content (AvgIpc) is 2.87. The van der Waals surface area contributed by atoms with Crippen LogP contribution in [0.3, 0.4) is 0 Å². The summed E-state index contributed by atoms with van der Waals surface area (Å²) in [5.41, 5.74) is 2.66. The van der Waals surface area contributed by atoms with Crippen LogP contribution < -0.4 is 10.6 Å². The van der Waals surface area contributed by atoms with Gasteiger partial charge in [0, 0.05) is 25.0 Å². The van der Waals surface area contributed by atoms with E-state index in [0.29, 0.717) is 13.0 Å². The Morgan fingerprint density at radius 3 is 2.91 bits per heavy atom. The lowest BCUT2D eigenvalue weighted by molar-refractivity contribution is 0.0714. The molecule has 1 amide bonds. The molecule has 178 valence electrons. The topological polar surface area (TPSA) is 77.5 Å². The molecule has 1 aliphatic carbocycles. The SMILES string of the molecule is O=C(N[C@H]1CCCC[C@@H]1O)c1cc(CN2CC=C(C3C=CC=CN3)CC2)c2cccc(F)c2n1. The molecule has 2 aliphatic heterocycles. The summed E-state index contributed by atoms with van der Waals surface area (Å²) >= 11 is 0. The number of carbonyl (C=O) groups is 1. The Kier molecular flexibility index (Phi) is 6.74. The van der Waals surface area contributed by atoms with E-state index in [9.17, 15) is 14.3 Å². The van der Waals surface area contributed by atoms with Gasteiger partial charge in [-0.2, -0.15) is 0 Å². The predicted octanol–water partition coefficient (Wildman–Crippen LogP) is 3.58. The van der Waals surface area contributed by atoms with Gasteiger partial charge < -0.3 is 15.7 Å². The van der Waals surface area contributed by atoms with Gasteiger partial charge in [-0.25, -0.2) is 9.37 Å². The van der Waals surface area contributed by atoms with Gasteiger partial charge >= 0.3 is 0 Å². The van der Waals surface area contributed by atoms with Gasteiger partial charge in [0.25, 0.3) is 5.91 Å². The minimum absolute atomic E-state index is 0.196. The zero-order chi connectivity index (χ0) is 23.5. The van der Waals surface area contributed by atoms with Crippen molar-refractivity contribution >= 4 is 16.8 Å². The minimum atomic E-state index is -0.548. The molecule has 1 aromatic carbocycles. The van der Waals surface area contributed by atoms with Gasteiger partial charge in [-0.05, 0) is 54.8 Å². The van der Waals surface area contributed by atoms with Crippen molar-refractivity contribution < 1.29 is 14.3 Å². The molecule has 1 unspecified atom stereocenters. The number of halogens is 1. The molecule has 3 aliphatic rings. The number of allylic oxidation sites excluding steroid dienone is 2. The second-order valence-electron chi connectivity index (χ2n) is 9.39. The third kappa shape index (κ3) is 4.91. The summed E-state index contributed by atoms with van der Waals surface area (Å²) in [7, 11) is 0. The second-order valence-corrected chi connectivity index (χ2v) is 9.39. The van der Waals surface area contributed by atoms with Crippen LogP contribution in [0.4, 0.5) is 4.39 Å².